The van der Waals surface area contributed by atoms with Crippen LogP contribution in [-0.2, 0) is 13.0 Å². The summed E-state index contributed by atoms with van der Waals surface area (Å²) in [6.45, 7) is 2.70. The topological polar surface area (TPSA) is 51.8 Å². The van der Waals surface area contributed by atoms with Crippen molar-refractivity contribution in [3.63, 3.8) is 0 Å². The lowest BCUT2D eigenvalue weighted by Crippen LogP contribution is -1.97. The van der Waals surface area contributed by atoms with Crippen LogP contribution in [0.1, 0.15) is 23.9 Å². The number of aromatic nitrogens is 2. The largest absolute Gasteiger partial charge is 0.326 e. The van der Waals surface area contributed by atoms with Crippen molar-refractivity contribution < 1.29 is 0 Å². The van der Waals surface area contributed by atoms with Gasteiger partial charge in [0.2, 0.25) is 0 Å². The van der Waals surface area contributed by atoms with E-state index in [1.165, 1.54) is 11.5 Å². The van der Waals surface area contributed by atoms with Crippen LogP contribution >= 0.6 is 11.5 Å². The van der Waals surface area contributed by atoms with Crippen LogP contribution in [0.15, 0.2) is 0 Å². The van der Waals surface area contributed by atoms with Gasteiger partial charge in [0, 0.05) is 6.54 Å². The molecule has 1 aromatic heterocycles. The fraction of sp³-hybridized carbons (Fsp3) is 0.667. The maximum absolute atomic E-state index is 5.46. The summed E-state index contributed by atoms with van der Waals surface area (Å²) in [6.07, 6.45) is 2.11. The van der Waals surface area contributed by atoms with Crippen LogP contribution in [0, 0.1) is 0 Å². The van der Waals surface area contributed by atoms with Crippen LogP contribution in [0.5, 0.6) is 0 Å². The summed E-state index contributed by atoms with van der Waals surface area (Å²) in [7, 11) is 0. The summed E-state index contributed by atoms with van der Waals surface area (Å²) in [6, 6.07) is 0. The second-order valence-corrected chi connectivity index (χ2v) is 2.94. The lowest BCUT2D eigenvalue weighted by atomic mass is 10.2. The van der Waals surface area contributed by atoms with Crippen molar-refractivity contribution in [2.24, 2.45) is 5.73 Å². The molecule has 2 N–H and O–H groups in total. The van der Waals surface area contributed by atoms with Crippen molar-refractivity contribution in [1.82, 2.24) is 9.59 Å². The Kier molecular flexibility index (Phi) is 2.77. The Morgan fingerprint density at radius 2 is 2.40 bits per heavy atom. The fourth-order valence-electron chi connectivity index (χ4n) is 0.809. The Labute approximate surface area is 64.4 Å². The minimum Gasteiger partial charge on any atom is -0.326 e. The van der Waals surface area contributed by atoms with E-state index in [2.05, 4.69) is 16.5 Å². The van der Waals surface area contributed by atoms with Crippen molar-refractivity contribution in [3.05, 3.63) is 10.6 Å². The predicted octanol–water partition coefficient (Wildman–Crippen LogP) is 0.949. The molecule has 1 heterocycles. The summed E-state index contributed by atoms with van der Waals surface area (Å²) in [5.74, 6) is 0. The first-order chi connectivity index (χ1) is 4.88. The van der Waals surface area contributed by atoms with E-state index in [0.717, 1.165) is 23.4 Å². The molecule has 56 valence electrons. The fourth-order valence-corrected chi connectivity index (χ4v) is 1.37. The van der Waals surface area contributed by atoms with Crippen molar-refractivity contribution in [2.45, 2.75) is 26.3 Å². The van der Waals surface area contributed by atoms with Crippen molar-refractivity contribution in [3.8, 4) is 0 Å². The number of hydrogen-bond acceptors (Lipinski definition) is 4. The molecule has 4 heteroatoms. The molecule has 1 aromatic rings. The Morgan fingerprint density at radius 3 is 3.00 bits per heavy atom. The van der Waals surface area contributed by atoms with Crippen molar-refractivity contribution in [1.29, 1.82) is 0 Å². The van der Waals surface area contributed by atoms with Gasteiger partial charge in [-0.1, -0.05) is 17.8 Å². The first-order valence-corrected chi connectivity index (χ1v) is 4.16. The van der Waals surface area contributed by atoms with Gasteiger partial charge in [-0.15, -0.1) is 5.10 Å². The van der Waals surface area contributed by atoms with E-state index in [1.807, 2.05) is 0 Å². The molecule has 0 unspecified atom stereocenters. The lowest BCUT2D eigenvalue weighted by molar-refractivity contribution is 0.851. The van der Waals surface area contributed by atoms with Crippen molar-refractivity contribution >= 4 is 11.5 Å². The second kappa shape index (κ2) is 3.63. The molecule has 0 radical (unpaired) electrons. The number of rotatable bonds is 3. The third-order valence-electron chi connectivity index (χ3n) is 1.31. The molecule has 0 aliphatic heterocycles. The molecule has 3 nitrogen and oxygen atoms in total. The highest BCUT2D eigenvalue weighted by molar-refractivity contribution is 7.05. The van der Waals surface area contributed by atoms with Gasteiger partial charge in [0.05, 0.1) is 10.6 Å². The van der Waals surface area contributed by atoms with Gasteiger partial charge >= 0.3 is 0 Å². The van der Waals surface area contributed by atoms with Gasteiger partial charge in [0.15, 0.2) is 0 Å². The molecule has 0 aliphatic carbocycles. The molecule has 0 atom stereocenters. The van der Waals surface area contributed by atoms with E-state index in [0.29, 0.717) is 6.54 Å². The lowest BCUT2D eigenvalue weighted by Gasteiger charge is -1.92. The zero-order valence-electron chi connectivity index (χ0n) is 6.00. The molecule has 0 saturated carbocycles. The van der Waals surface area contributed by atoms with Gasteiger partial charge in [-0.2, -0.15) is 0 Å². The van der Waals surface area contributed by atoms with Gasteiger partial charge in [-0.05, 0) is 18.0 Å². The van der Waals surface area contributed by atoms with Gasteiger partial charge in [0.25, 0.3) is 0 Å². The predicted molar refractivity (Wildman–Crippen MR) is 41.8 cm³/mol. The quantitative estimate of drug-likeness (QED) is 0.710. The highest BCUT2D eigenvalue weighted by atomic mass is 32.1. The van der Waals surface area contributed by atoms with E-state index in [4.69, 9.17) is 5.73 Å². The molecule has 10 heavy (non-hydrogen) atoms. The molecule has 0 spiro atoms. The molecular formula is C6H11N3S. The van der Waals surface area contributed by atoms with Gasteiger partial charge in [-0.3, -0.25) is 0 Å². The average molecular weight is 157 g/mol. The maximum atomic E-state index is 5.46. The molecule has 0 bridgehead atoms. The Morgan fingerprint density at radius 1 is 1.60 bits per heavy atom. The molecule has 1 rings (SSSR count). The third kappa shape index (κ3) is 1.52. The number of aryl methyl sites for hydroxylation is 1. The van der Waals surface area contributed by atoms with Crippen LogP contribution in [0.2, 0.25) is 0 Å². The second-order valence-electron chi connectivity index (χ2n) is 2.10. The van der Waals surface area contributed by atoms with E-state index >= 15 is 0 Å². The van der Waals surface area contributed by atoms with E-state index in [1.54, 1.807) is 0 Å². The first-order valence-electron chi connectivity index (χ1n) is 3.38. The summed E-state index contributed by atoms with van der Waals surface area (Å²) in [5.41, 5.74) is 6.53. The number of nitrogens with zero attached hydrogens (tertiary/aromatic N) is 2. The molecule has 0 aliphatic rings. The van der Waals surface area contributed by atoms with Crippen LogP contribution in [0.3, 0.4) is 0 Å². The summed E-state index contributed by atoms with van der Waals surface area (Å²) in [5, 5.41) is 3.97. The van der Waals surface area contributed by atoms with Crippen LogP contribution in [0.25, 0.3) is 0 Å². The maximum Gasteiger partial charge on any atom is 0.0800 e. The standard InChI is InChI=1S/C6H11N3S/c1-2-3-5-6(4-7)10-9-8-5/h2-4,7H2,1H3. The zero-order chi connectivity index (χ0) is 7.40. The normalized spacial score (nSPS) is 10.2. The Hall–Kier alpha value is -0.480. The number of nitrogens with two attached hydrogens (primary N) is 1. The molecular weight excluding hydrogens is 146 g/mol. The van der Waals surface area contributed by atoms with Crippen LogP contribution in [-0.4, -0.2) is 9.59 Å². The van der Waals surface area contributed by atoms with Crippen LogP contribution < -0.4 is 5.73 Å². The molecule has 0 fully saturated rings. The smallest absolute Gasteiger partial charge is 0.0800 e. The number of hydrogen-bond donors (Lipinski definition) is 1. The zero-order valence-corrected chi connectivity index (χ0v) is 6.82. The third-order valence-corrected chi connectivity index (χ3v) is 2.09. The SMILES string of the molecule is CCCc1nnsc1CN. The minimum atomic E-state index is 0.576. The van der Waals surface area contributed by atoms with Crippen molar-refractivity contribution in [2.75, 3.05) is 0 Å². The molecule has 0 amide bonds. The Balaban J connectivity index is 2.70. The molecule has 0 aromatic carbocycles. The minimum absolute atomic E-state index is 0.576. The molecule has 0 saturated heterocycles. The van der Waals surface area contributed by atoms with Crippen LogP contribution in [0.4, 0.5) is 0 Å². The summed E-state index contributed by atoms with van der Waals surface area (Å²) in [4.78, 5) is 1.13. The monoisotopic (exact) mass is 157 g/mol. The van der Waals surface area contributed by atoms with E-state index in [-0.39, 0.29) is 0 Å². The highest BCUT2D eigenvalue weighted by Crippen LogP contribution is 2.10. The van der Waals surface area contributed by atoms with Gasteiger partial charge in [-0.25, -0.2) is 0 Å². The van der Waals surface area contributed by atoms with E-state index < -0.39 is 0 Å². The van der Waals surface area contributed by atoms with Gasteiger partial charge < -0.3 is 5.73 Å². The highest BCUT2D eigenvalue weighted by Gasteiger charge is 2.03. The summed E-state index contributed by atoms with van der Waals surface area (Å²) >= 11 is 1.40. The summed E-state index contributed by atoms with van der Waals surface area (Å²) < 4.78 is 3.82. The first kappa shape index (κ1) is 7.63. The van der Waals surface area contributed by atoms with E-state index in [9.17, 15) is 0 Å². The Bertz CT molecular complexity index is 197. The average Bonchev–Trinajstić information content (AvgIpc) is 2.36. The van der Waals surface area contributed by atoms with Gasteiger partial charge in [0.1, 0.15) is 0 Å².